The molecule has 7 nitrogen and oxygen atoms in total. The first-order valence-electron chi connectivity index (χ1n) is 12.7. The molecule has 0 aromatic carbocycles. The van der Waals surface area contributed by atoms with Gasteiger partial charge in [0.05, 0.1) is 6.10 Å². The number of halogens is 1. The predicted molar refractivity (Wildman–Crippen MR) is 138 cm³/mol. The number of aliphatic carboxylic acids is 1. The zero-order valence-electron chi connectivity index (χ0n) is 20.4. The Morgan fingerprint density at radius 2 is 1.28 bits per heavy atom. The topological polar surface area (TPSA) is 134 Å². The smallest absolute Gasteiger partial charge is 0.320 e. The van der Waals surface area contributed by atoms with E-state index in [4.69, 9.17) is 11.5 Å². The molecule has 0 amide bonds. The van der Waals surface area contributed by atoms with Crippen LogP contribution in [0.3, 0.4) is 0 Å². The predicted octanol–water partition coefficient (Wildman–Crippen LogP) is 4.74. The average Bonchev–Trinajstić information content (AvgIpc) is 2.72. The minimum absolute atomic E-state index is 0. The molecule has 0 radical (unpaired) electrons. The van der Waals surface area contributed by atoms with E-state index in [1.54, 1.807) is 0 Å². The number of rotatable bonds is 23. The number of aliphatic hydroxyl groups excluding tert-OH is 1. The number of carboxylic acid groups (broad SMARTS) is 1. The zero-order chi connectivity index (χ0) is 23.2. The van der Waals surface area contributed by atoms with Crippen molar-refractivity contribution in [3.05, 3.63) is 0 Å². The Morgan fingerprint density at radius 3 is 1.72 bits per heavy atom. The number of nitrogens with zero attached hydrogens (tertiary/aromatic N) is 1. The second kappa shape index (κ2) is 24.6. The number of hydrogen-bond donors (Lipinski definition) is 5. The zero-order valence-corrected chi connectivity index (χ0v) is 21.2. The summed E-state index contributed by atoms with van der Waals surface area (Å²) in [4.78, 5) is 15.2. The number of aliphatic imine (C=N–C) groups is 1. The second-order valence-electron chi connectivity index (χ2n) is 8.79. The van der Waals surface area contributed by atoms with Gasteiger partial charge < -0.3 is 27.0 Å². The van der Waals surface area contributed by atoms with Crippen LogP contribution in [0.15, 0.2) is 4.99 Å². The summed E-state index contributed by atoms with van der Waals surface area (Å²) in [6.45, 7) is 2.98. The van der Waals surface area contributed by atoms with Crippen LogP contribution in [0.1, 0.15) is 116 Å². The number of aliphatic hydroxyl groups is 1. The molecule has 0 heterocycles. The van der Waals surface area contributed by atoms with Crippen LogP contribution in [-0.2, 0) is 4.79 Å². The lowest BCUT2D eigenvalue weighted by Crippen LogP contribution is -2.41. The van der Waals surface area contributed by atoms with Crippen molar-refractivity contribution in [3.8, 4) is 0 Å². The Balaban J connectivity index is 0. The van der Waals surface area contributed by atoms with Gasteiger partial charge in [0.1, 0.15) is 6.04 Å². The SMILES string of the molecule is CCCCCCCCCCCCCCCCC(O)CNC(CCCN=C(N)N)C(=O)O.Cl. The molecule has 32 heavy (non-hydrogen) atoms. The standard InChI is InChI=1S/C24H50N4O3.ClH/c1-2-3-4-5-6-7-8-9-10-11-12-13-14-15-17-21(29)20-28-22(23(30)31)18-16-19-27-24(25)26;/h21-22,28-29H,2-20H2,1H3,(H,30,31)(H4,25,26,27);1H. The molecule has 0 aliphatic rings. The lowest BCUT2D eigenvalue weighted by atomic mass is 10.0. The summed E-state index contributed by atoms with van der Waals surface area (Å²) in [5, 5.41) is 22.3. The quantitative estimate of drug-likeness (QED) is 0.0817. The normalized spacial score (nSPS) is 12.7. The third kappa shape index (κ3) is 23.6. The number of unbranched alkanes of at least 4 members (excludes halogenated alkanes) is 13. The Hall–Kier alpha value is -1.05. The van der Waals surface area contributed by atoms with Crippen molar-refractivity contribution in [1.82, 2.24) is 5.32 Å². The highest BCUT2D eigenvalue weighted by Gasteiger charge is 2.17. The van der Waals surface area contributed by atoms with Crippen molar-refractivity contribution < 1.29 is 15.0 Å². The molecule has 0 rings (SSSR count). The van der Waals surface area contributed by atoms with E-state index in [0.717, 1.165) is 12.8 Å². The van der Waals surface area contributed by atoms with Gasteiger partial charge in [-0.25, -0.2) is 0 Å². The maximum absolute atomic E-state index is 11.3. The number of guanidine groups is 1. The summed E-state index contributed by atoms with van der Waals surface area (Å²) in [5.41, 5.74) is 10.5. The molecule has 7 N–H and O–H groups in total. The van der Waals surface area contributed by atoms with Crippen LogP contribution >= 0.6 is 12.4 Å². The third-order valence-electron chi connectivity index (χ3n) is 5.73. The molecule has 0 aromatic heterocycles. The van der Waals surface area contributed by atoms with E-state index in [-0.39, 0.29) is 18.4 Å². The molecule has 0 aliphatic heterocycles. The van der Waals surface area contributed by atoms with E-state index in [2.05, 4.69) is 17.2 Å². The van der Waals surface area contributed by atoms with E-state index < -0.39 is 18.1 Å². The van der Waals surface area contributed by atoms with E-state index in [0.29, 0.717) is 32.4 Å². The van der Waals surface area contributed by atoms with Gasteiger partial charge in [-0.05, 0) is 19.3 Å². The molecule has 0 fully saturated rings. The van der Waals surface area contributed by atoms with Crippen LogP contribution in [-0.4, -0.2) is 47.4 Å². The summed E-state index contributed by atoms with van der Waals surface area (Å²) < 4.78 is 0. The molecule has 0 aliphatic carbocycles. The van der Waals surface area contributed by atoms with Crippen molar-refractivity contribution in [1.29, 1.82) is 0 Å². The molecule has 2 atom stereocenters. The monoisotopic (exact) mass is 478 g/mol. The Morgan fingerprint density at radius 1 is 0.812 bits per heavy atom. The molecule has 0 bridgehead atoms. The van der Waals surface area contributed by atoms with Gasteiger partial charge in [-0.2, -0.15) is 0 Å². The van der Waals surface area contributed by atoms with Crippen molar-refractivity contribution >= 4 is 24.3 Å². The number of carboxylic acids is 1. The highest BCUT2D eigenvalue weighted by atomic mass is 35.5. The number of hydrogen-bond acceptors (Lipinski definition) is 4. The fourth-order valence-corrected chi connectivity index (χ4v) is 3.77. The van der Waals surface area contributed by atoms with Gasteiger partial charge in [0.15, 0.2) is 5.96 Å². The van der Waals surface area contributed by atoms with Crippen molar-refractivity contribution in [2.24, 2.45) is 16.5 Å². The van der Waals surface area contributed by atoms with Gasteiger partial charge in [0, 0.05) is 13.1 Å². The lowest BCUT2D eigenvalue weighted by molar-refractivity contribution is -0.139. The molecular weight excluding hydrogens is 428 g/mol. The van der Waals surface area contributed by atoms with Gasteiger partial charge in [0.2, 0.25) is 0 Å². The fourth-order valence-electron chi connectivity index (χ4n) is 3.77. The molecular formula is C24H51ClN4O3. The van der Waals surface area contributed by atoms with Gasteiger partial charge in [-0.3, -0.25) is 9.79 Å². The van der Waals surface area contributed by atoms with E-state index in [1.807, 2.05) is 0 Å². The molecule has 0 saturated heterocycles. The van der Waals surface area contributed by atoms with Crippen LogP contribution in [0.5, 0.6) is 0 Å². The molecule has 192 valence electrons. The molecule has 8 heteroatoms. The van der Waals surface area contributed by atoms with Gasteiger partial charge in [0.25, 0.3) is 0 Å². The van der Waals surface area contributed by atoms with E-state index in [1.165, 1.54) is 77.0 Å². The second-order valence-corrected chi connectivity index (χ2v) is 8.79. The number of nitrogens with one attached hydrogen (secondary N) is 1. The van der Waals surface area contributed by atoms with Crippen LogP contribution in [0.4, 0.5) is 0 Å². The van der Waals surface area contributed by atoms with Gasteiger partial charge >= 0.3 is 5.97 Å². The minimum Gasteiger partial charge on any atom is -0.480 e. The maximum atomic E-state index is 11.3. The van der Waals surface area contributed by atoms with E-state index in [9.17, 15) is 15.0 Å². The summed E-state index contributed by atoms with van der Waals surface area (Å²) in [5.74, 6) is -0.892. The van der Waals surface area contributed by atoms with Crippen molar-refractivity contribution in [2.75, 3.05) is 13.1 Å². The maximum Gasteiger partial charge on any atom is 0.320 e. The fraction of sp³-hybridized carbons (Fsp3) is 0.917. The first-order chi connectivity index (χ1) is 15.0. The van der Waals surface area contributed by atoms with Crippen LogP contribution < -0.4 is 16.8 Å². The number of nitrogens with two attached hydrogens (primary N) is 2. The van der Waals surface area contributed by atoms with Gasteiger partial charge in [-0.1, -0.05) is 96.8 Å². The van der Waals surface area contributed by atoms with Crippen LogP contribution in [0.25, 0.3) is 0 Å². The largest absolute Gasteiger partial charge is 0.480 e. The summed E-state index contributed by atoms with van der Waals surface area (Å²) >= 11 is 0. The number of carbonyl (C=O) groups is 1. The summed E-state index contributed by atoms with van der Waals surface area (Å²) in [6.07, 6.45) is 19.6. The molecule has 0 spiro atoms. The van der Waals surface area contributed by atoms with Crippen LogP contribution in [0, 0.1) is 0 Å². The van der Waals surface area contributed by atoms with Gasteiger partial charge in [-0.15, -0.1) is 12.4 Å². The minimum atomic E-state index is -0.909. The van der Waals surface area contributed by atoms with Crippen LogP contribution in [0.2, 0.25) is 0 Å². The summed E-state index contributed by atoms with van der Waals surface area (Å²) in [7, 11) is 0. The summed E-state index contributed by atoms with van der Waals surface area (Å²) in [6, 6.07) is -0.680. The third-order valence-corrected chi connectivity index (χ3v) is 5.73. The Kier molecular flexibility index (Phi) is 25.5. The molecule has 0 saturated carbocycles. The molecule has 2 unspecified atom stereocenters. The van der Waals surface area contributed by atoms with E-state index >= 15 is 0 Å². The Labute approximate surface area is 202 Å². The van der Waals surface area contributed by atoms with Crippen molar-refractivity contribution in [2.45, 2.75) is 128 Å². The molecule has 0 aromatic rings. The highest BCUT2D eigenvalue weighted by molar-refractivity contribution is 5.85. The highest BCUT2D eigenvalue weighted by Crippen LogP contribution is 2.13. The average molecular weight is 479 g/mol. The van der Waals surface area contributed by atoms with Crippen molar-refractivity contribution in [3.63, 3.8) is 0 Å². The lowest BCUT2D eigenvalue weighted by Gasteiger charge is -2.17. The first kappa shape index (κ1) is 33.1. The first-order valence-corrected chi connectivity index (χ1v) is 12.7. The Bertz CT molecular complexity index is 449.